The van der Waals surface area contributed by atoms with Crippen LogP contribution in [0, 0.1) is 6.92 Å². The minimum atomic E-state index is -0.992. The number of carboxylic acid groups (broad SMARTS) is 1. The van der Waals surface area contributed by atoms with Crippen molar-refractivity contribution >= 4 is 16.9 Å². The topological polar surface area (TPSA) is 62.8 Å². The number of hydrogen-bond donors (Lipinski definition) is 1. The van der Waals surface area contributed by atoms with E-state index >= 15 is 0 Å². The largest absolute Gasteiger partial charge is 0.479 e. The van der Waals surface area contributed by atoms with Gasteiger partial charge >= 0.3 is 5.97 Å². The van der Waals surface area contributed by atoms with Gasteiger partial charge in [-0.2, -0.15) is 0 Å². The number of carbonyl (C=O) groups is 1. The third-order valence-electron chi connectivity index (χ3n) is 4.57. The van der Waals surface area contributed by atoms with Gasteiger partial charge in [-0.25, -0.2) is 4.79 Å². The Balaban J connectivity index is 1.99. The second kappa shape index (κ2) is 7.53. The van der Waals surface area contributed by atoms with Crippen LogP contribution < -0.4 is 5.36 Å². The van der Waals surface area contributed by atoms with Gasteiger partial charge in [-0.15, -0.1) is 0 Å². The first-order valence-corrected chi connectivity index (χ1v) is 9.03. The average molecular weight is 369 g/mol. The van der Waals surface area contributed by atoms with E-state index in [1.54, 1.807) is 12.1 Å². The molecule has 0 saturated carbocycles. The van der Waals surface area contributed by atoms with E-state index in [4.69, 9.17) is 4.42 Å². The van der Waals surface area contributed by atoms with Crippen LogP contribution in [0.4, 0.5) is 0 Å². The Labute approximate surface area is 162 Å². The van der Waals surface area contributed by atoms with E-state index in [-0.39, 0.29) is 0 Å². The summed E-state index contributed by atoms with van der Waals surface area (Å²) in [4.78, 5) is 16.6. The molecule has 3 aromatic carbocycles. The molecule has 4 nitrogen and oxygen atoms in total. The zero-order chi connectivity index (χ0) is 19.5. The maximum Gasteiger partial charge on any atom is 0.333 e. The molecule has 0 amide bonds. The number of hydrogen-bond acceptors (Lipinski definition) is 3. The monoisotopic (exact) mass is 369 g/mol. The van der Waals surface area contributed by atoms with Gasteiger partial charge in [-0.3, -0.25) is 4.99 Å². The second-order valence-electron chi connectivity index (χ2n) is 6.64. The Hall–Kier alpha value is -3.66. The fourth-order valence-corrected chi connectivity index (χ4v) is 3.18. The van der Waals surface area contributed by atoms with E-state index in [0.29, 0.717) is 22.3 Å². The van der Waals surface area contributed by atoms with Crippen LogP contribution >= 0.6 is 0 Å². The smallest absolute Gasteiger partial charge is 0.333 e. The Morgan fingerprint density at radius 3 is 2.29 bits per heavy atom. The number of carboxylic acids is 1. The van der Waals surface area contributed by atoms with Crippen LogP contribution in [0.2, 0.25) is 0 Å². The predicted molar refractivity (Wildman–Crippen MR) is 109 cm³/mol. The molecule has 0 radical (unpaired) electrons. The van der Waals surface area contributed by atoms with E-state index < -0.39 is 12.0 Å². The molecular weight excluding hydrogens is 350 g/mol. The highest BCUT2D eigenvalue weighted by Crippen LogP contribution is 2.24. The van der Waals surface area contributed by atoms with E-state index in [9.17, 15) is 9.90 Å². The predicted octanol–water partition coefficient (Wildman–Crippen LogP) is 5.13. The number of rotatable bonds is 4. The quantitative estimate of drug-likeness (QED) is 0.542. The molecule has 1 heterocycles. The van der Waals surface area contributed by atoms with Crippen molar-refractivity contribution in [3.05, 3.63) is 101 Å². The van der Waals surface area contributed by atoms with Crippen molar-refractivity contribution in [2.45, 2.75) is 13.0 Å². The summed E-state index contributed by atoms with van der Waals surface area (Å²) in [7, 11) is 0. The Morgan fingerprint density at radius 2 is 1.61 bits per heavy atom. The van der Waals surface area contributed by atoms with Crippen LogP contribution in [0.5, 0.6) is 0 Å². The lowest BCUT2D eigenvalue weighted by Gasteiger charge is -2.10. The van der Waals surface area contributed by atoms with Gasteiger partial charge in [0.1, 0.15) is 11.3 Å². The molecule has 1 atom stereocenters. The third kappa shape index (κ3) is 3.58. The molecule has 0 aliphatic rings. The molecule has 4 aromatic rings. The maximum atomic E-state index is 11.9. The normalized spacial score (nSPS) is 12.8. The summed E-state index contributed by atoms with van der Waals surface area (Å²) >= 11 is 0. The van der Waals surface area contributed by atoms with Crippen molar-refractivity contribution in [2.75, 3.05) is 0 Å². The molecule has 4 heteroatoms. The van der Waals surface area contributed by atoms with E-state index in [1.807, 2.05) is 79.7 Å². The standard InChI is InChI=1S/C24H19NO3/c1-16-12-13-21-19(14-16)20(15-22(28-21)17-8-4-2-5-9-17)25-23(24(26)27)18-10-6-3-7-11-18/h2-15,23H,1H3,(H,26,27). The highest BCUT2D eigenvalue weighted by Gasteiger charge is 2.18. The van der Waals surface area contributed by atoms with Gasteiger partial charge in [0.05, 0.1) is 5.36 Å². The summed E-state index contributed by atoms with van der Waals surface area (Å²) in [6, 6.07) is 25.4. The Morgan fingerprint density at radius 1 is 0.929 bits per heavy atom. The summed E-state index contributed by atoms with van der Waals surface area (Å²) in [5.74, 6) is -0.345. The van der Waals surface area contributed by atoms with Gasteiger partial charge in [0.15, 0.2) is 6.04 Å². The fourth-order valence-electron chi connectivity index (χ4n) is 3.18. The minimum absolute atomic E-state index is 0.597. The first-order chi connectivity index (χ1) is 13.6. The SMILES string of the molecule is Cc1ccc2oc(-c3ccccc3)cc(=NC(C(=O)O)c3ccccc3)c2c1. The van der Waals surface area contributed by atoms with Crippen LogP contribution in [-0.4, -0.2) is 11.1 Å². The van der Waals surface area contributed by atoms with Gasteiger partial charge in [0, 0.05) is 17.0 Å². The molecule has 0 fully saturated rings. The molecule has 1 unspecified atom stereocenters. The molecule has 1 aromatic heterocycles. The molecule has 0 aliphatic heterocycles. The fraction of sp³-hybridized carbons (Fsp3) is 0.0833. The highest BCUT2D eigenvalue weighted by molar-refractivity contribution is 5.80. The van der Waals surface area contributed by atoms with Gasteiger partial charge in [-0.1, -0.05) is 72.3 Å². The van der Waals surface area contributed by atoms with Crippen LogP contribution in [0.1, 0.15) is 17.2 Å². The van der Waals surface area contributed by atoms with Gasteiger partial charge in [0.2, 0.25) is 0 Å². The molecule has 0 spiro atoms. The number of aliphatic carboxylic acids is 1. The molecule has 1 N–H and O–H groups in total. The van der Waals surface area contributed by atoms with Gasteiger partial charge < -0.3 is 9.52 Å². The Bertz CT molecular complexity index is 1190. The van der Waals surface area contributed by atoms with Crippen LogP contribution in [-0.2, 0) is 4.79 Å². The average Bonchev–Trinajstić information content (AvgIpc) is 2.73. The number of benzene rings is 3. The Kier molecular flexibility index (Phi) is 4.77. The van der Waals surface area contributed by atoms with Crippen molar-refractivity contribution in [1.29, 1.82) is 0 Å². The van der Waals surface area contributed by atoms with Crippen molar-refractivity contribution < 1.29 is 14.3 Å². The van der Waals surface area contributed by atoms with Gasteiger partial charge in [-0.05, 0) is 24.6 Å². The number of aryl methyl sites for hydroxylation is 1. The van der Waals surface area contributed by atoms with Crippen LogP contribution in [0.15, 0.2) is 94.3 Å². The zero-order valence-electron chi connectivity index (χ0n) is 15.4. The van der Waals surface area contributed by atoms with Crippen molar-refractivity contribution in [3.63, 3.8) is 0 Å². The summed E-state index contributed by atoms with van der Waals surface area (Å²) in [6.07, 6.45) is 0. The molecule has 4 rings (SSSR count). The minimum Gasteiger partial charge on any atom is -0.479 e. The van der Waals surface area contributed by atoms with E-state index in [0.717, 1.165) is 16.5 Å². The summed E-state index contributed by atoms with van der Waals surface area (Å²) < 4.78 is 6.08. The molecule has 0 bridgehead atoms. The third-order valence-corrected chi connectivity index (χ3v) is 4.57. The zero-order valence-corrected chi connectivity index (χ0v) is 15.4. The summed E-state index contributed by atoms with van der Waals surface area (Å²) in [5.41, 5.74) is 3.27. The van der Waals surface area contributed by atoms with E-state index in [2.05, 4.69) is 4.99 Å². The highest BCUT2D eigenvalue weighted by atomic mass is 16.4. The lowest BCUT2D eigenvalue weighted by Crippen LogP contribution is -2.15. The van der Waals surface area contributed by atoms with Gasteiger partial charge in [0.25, 0.3) is 0 Å². The van der Waals surface area contributed by atoms with Crippen LogP contribution in [0.3, 0.4) is 0 Å². The molecule has 138 valence electrons. The first kappa shape index (κ1) is 17.7. The summed E-state index contributed by atoms with van der Waals surface area (Å²) in [5, 5.41) is 11.2. The molecular formula is C24H19NO3. The number of fused-ring (bicyclic) bond motifs is 1. The van der Waals surface area contributed by atoms with Crippen LogP contribution in [0.25, 0.3) is 22.3 Å². The first-order valence-electron chi connectivity index (χ1n) is 9.03. The molecule has 28 heavy (non-hydrogen) atoms. The maximum absolute atomic E-state index is 11.9. The van der Waals surface area contributed by atoms with E-state index in [1.165, 1.54) is 0 Å². The lowest BCUT2D eigenvalue weighted by atomic mass is 10.1. The summed E-state index contributed by atoms with van der Waals surface area (Å²) in [6.45, 7) is 1.99. The van der Waals surface area contributed by atoms with Crippen molar-refractivity contribution in [3.8, 4) is 11.3 Å². The van der Waals surface area contributed by atoms with Crippen molar-refractivity contribution in [2.24, 2.45) is 4.99 Å². The molecule has 0 saturated heterocycles. The second-order valence-corrected chi connectivity index (χ2v) is 6.64. The van der Waals surface area contributed by atoms with Crippen molar-refractivity contribution in [1.82, 2.24) is 0 Å². The molecule has 0 aliphatic carbocycles. The number of nitrogens with zero attached hydrogens (tertiary/aromatic N) is 1. The lowest BCUT2D eigenvalue weighted by molar-refractivity contribution is -0.138.